The first-order valence-corrected chi connectivity index (χ1v) is 4.10. The molecule has 13 heavy (non-hydrogen) atoms. The number of rotatable bonds is 1. The quantitative estimate of drug-likeness (QED) is 0.710. The fourth-order valence-electron chi connectivity index (χ4n) is 1.11. The lowest BCUT2D eigenvalue weighted by Gasteiger charge is -2.02. The van der Waals surface area contributed by atoms with E-state index in [4.69, 9.17) is 21.8 Å². The van der Waals surface area contributed by atoms with Gasteiger partial charge in [0.15, 0.2) is 0 Å². The van der Waals surface area contributed by atoms with Gasteiger partial charge in [0.25, 0.3) is 0 Å². The molecule has 0 aliphatic carbocycles. The third kappa shape index (κ3) is 1.38. The molecule has 2 aromatic rings. The van der Waals surface area contributed by atoms with Gasteiger partial charge in [0.05, 0.1) is 11.8 Å². The molecule has 2 rings (SSSR count). The van der Waals surface area contributed by atoms with Crippen LogP contribution in [0.25, 0.3) is 11.3 Å². The van der Waals surface area contributed by atoms with Gasteiger partial charge in [-0.2, -0.15) is 0 Å². The van der Waals surface area contributed by atoms with E-state index in [9.17, 15) is 0 Å². The predicted molar refractivity (Wildman–Crippen MR) is 51.4 cm³/mol. The second-order valence-corrected chi connectivity index (χ2v) is 2.90. The van der Waals surface area contributed by atoms with Gasteiger partial charge in [-0.15, -0.1) is 0 Å². The van der Waals surface area contributed by atoms with Crippen LogP contribution in [0, 0.1) is 0 Å². The van der Waals surface area contributed by atoms with Crippen LogP contribution in [0.1, 0.15) is 0 Å². The maximum atomic E-state index is 5.87. The normalized spacial score (nSPS) is 10.2. The zero-order valence-electron chi connectivity index (χ0n) is 6.70. The molecule has 0 unspecified atom stereocenters. The fraction of sp³-hybridized carbons (Fsp3) is 0. The number of nitrogens with zero attached hydrogens (tertiary/aromatic N) is 1. The van der Waals surface area contributed by atoms with E-state index in [0.717, 1.165) is 0 Å². The molecular weight excluding hydrogens is 188 g/mol. The molecule has 2 heterocycles. The van der Waals surface area contributed by atoms with Gasteiger partial charge in [-0.25, -0.2) is 4.98 Å². The van der Waals surface area contributed by atoms with E-state index in [0.29, 0.717) is 22.2 Å². The summed E-state index contributed by atoms with van der Waals surface area (Å²) in [5.74, 6) is 0.635. The summed E-state index contributed by atoms with van der Waals surface area (Å²) >= 11 is 5.87. The van der Waals surface area contributed by atoms with E-state index in [2.05, 4.69) is 4.98 Å². The second-order valence-electron chi connectivity index (χ2n) is 2.54. The monoisotopic (exact) mass is 194 g/mol. The van der Waals surface area contributed by atoms with Gasteiger partial charge in [0.1, 0.15) is 10.9 Å². The number of nitrogens with two attached hydrogens (primary N) is 1. The van der Waals surface area contributed by atoms with Gasteiger partial charge in [-0.3, -0.25) is 0 Å². The van der Waals surface area contributed by atoms with E-state index >= 15 is 0 Å². The third-order valence-corrected chi connectivity index (χ3v) is 1.99. The van der Waals surface area contributed by atoms with Crippen LogP contribution in [0.5, 0.6) is 0 Å². The van der Waals surface area contributed by atoms with Crippen molar-refractivity contribution >= 4 is 17.3 Å². The van der Waals surface area contributed by atoms with Gasteiger partial charge in [0.2, 0.25) is 0 Å². The molecule has 0 aliphatic rings. The Bertz CT molecular complexity index is 391. The van der Waals surface area contributed by atoms with Crippen molar-refractivity contribution in [2.45, 2.75) is 0 Å². The van der Waals surface area contributed by atoms with E-state index in [1.54, 1.807) is 30.7 Å². The molecule has 0 bridgehead atoms. The van der Waals surface area contributed by atoms with E-state index < -0.39 is 0 Å². The summed E-state index contributed by atoms with van der Waals surface area (Å²) in [6, 6.07) is 5.25. The smallest absolute Gasteiger partial charge is 0.142 e. The van der Waals surface area contributed by atoms with Crippen LogP contribution in [0.2, 0.25) is 5.15 Å². The van der Waals surface area contributed by atoms with Crippen LogP contribution < -0.4 is 5.73 Å². The Kier molecular flexibility index (Phi) is 1.94. The zero-order valence-corrected chi connectivity index (χ0v) is 7.45. The molecule has 4 heteroatoms. The Labute approximate surface area is 80.1 Å². The maximum absolute atomic E-state index is 5.87. The first kappa shape index (κ1) is 8.13. The third-order valence-electron chi connectivity index (χ3n) is 1.70. The largest absolute Gasteiger partial charge is 0.464 e. The van der Waals surface area contributed by atoms with Crippen LogP contribution in [0.3, 0.4) is 0 Å². The molecule has 0 atom stereocenters. The van der Waals surface area contributed by atoms with Crippen LogP contribution in [-0.2, 0) is 0 Å². The molecule has 2 N–H and O–H groups in total. The Balaban J connectivity index is 2.64. The molecular formula is C9H7ClN2O. The Hall–Kier alpha value is -1.48. The molecule has 66 valence electrons. The number of anilines is 1. The van der Waals surface area contributed by atoms with E-state index in [1.165, 1.54) is 0 Å². The maximum Gasteiger partial charge on any atom is 0.142 e. The summed E-state index contributed by atoms with van der Waals surface area (Å²) in [6.45, 7) is 0. The Morgan fingerprint density at radius 2 is 2.23 bits per heavy atom. The Morgan fingerprint density at radius 3 is 2.85 bits per heavy atom. The molecule has 0 aliphatic heterocycles. The van der Waals surface area contributed by atoms with Crippen molar-refractivity contribution in [2.24, 2.45) is 0 Å². The van der Waals surface area contributed by atoms with Crippen molar-refractivity contribution in [3.05, 3.63) is 35.8 Å². The fourth-order valence-corrected chi connectivity index (χ4v) is 1.37. The van der Waals surface area contributed by atoms with Crippen LogP contribution >= 0.6 is 11.6 Å². The van der Waals surface area contributed by atoms with Crippen molar-refractivity contribution in [3.8, 4) is 11.3 Å². The standard InChI is InChI=1S/C9H7ClN2O/c10-9-8(6(11)3-4-12-9)7-2-1-5-13-7/h1-5H,(H2,11,12). The molecule has 0 radical (unpaired) electrons. The highest BCUT2D eigenvalue weighted by Crippen LogP contribution is 2.31. The van der Waals surface area contributed by atoms with Gasteiger partial charge >= 0.3 is 0 Å². The van der Waals surface area contributed by atoms with Crippen molar-refractivity contribution in [1.82, 2.24) is 4.98 Å². The minimum atomic E-state index is 0.356. The summed E-state index contributed by atoms with van der Waals surface area (Å²) in [5, 5.41) is 0.356. The van der Waals surface area contributed by atoms with Crippen molar-refractivity contribution in [1.29, 1.82) is 0 Å². The molecule has 0 amide bonds. The summed E-state index contributed by atoms with van der Waals surface area (Å²) in [6.07, 6.45) is 3.13. The van der Waals surface area contributed by atoms with Crippen molar-refractivity contribution in [3.63, 3.8) is 0 Å². The van der Waals surface area contributed by atoms with E-state index in [-0.39, 0.29) is 0 Å². The summed E-state index contributed by atoms with van der Waals surface area (Å²) in [5.41, 5.74) is 6.94. The molecule has 0 fully saturated rings. The lowest BCUT2D eigenvalue weighted by Crippen LogP contribution is -1.91. The minimum Gasteiger partial charge on any atom is -0.464 e. The molecule has 0 spiro atoms. The van der Waals surface area contributed by atoms with Gasteiger partial charge in [-0.1, -0.05) is 11.6 Å². The highest BCUT2D eigenvalue weighted by molar-refractivity contribution is 6.32. The molecule has 0 saturated heterocycles. The van der Waals surface area contributed by atoms with Gasteiger partial charge in [0, 0.05) is 11.9 Å². The first-order valence-electron chi connectivity index (χ1n) is 3.73. The lowest BCUT2D eigenvalue weighted by molar-refractivity contribution is 0.582. The lowest BCUT2D eigenvalue weighted by atomic mass is 10.2. The molecule has 0 aromatic carbocycles. The number of hydrogen-bond donors (Lipinski definition) is 1. The number of nitrogen functional groups attached to an aromatic ring is 1. The average molecular weight is 195 g/mol. The Morgan fingerprint density at radius 1 is 1.38 bits per heavy atom. The summed E-state index contributed by atoms with van der Waals surface area (Å²) in [7, 11) is 0. The predicted octanol–water partition coefficient (Wildman–Crippen LogP) is 2.58. The highest BCUT2D eigenvalue weighted by atomic mass is 35.5. The summed E-state index contributed by atoms with van der Waals surface area (Å²) in [4.78, 5) is 3.92. The topological polar surface area (TPSA) is 52.0 Å². The van der Waals surface area contributed by atoms with Crippen LogP contribution in [0.15, 0.2) is 35.1 Å². The van der Waals surface area contributed by atoms with Crippen LogP contribution in [0.4, 0.5) is 5.69 Å². The number of furan rings is 1. The zero-order chi connectivity index (χ0) is 9.26. The number of pyridine rings is 1. The number of aromatic nitrogens is 1. The second kappa shape index (κ2) is 3.11. The summed E-state index contributed by atoms with van der Waals surface area (Å²) < 4.78 is 5.18. The van der Waals surface area contributed by atoms with Gasteiger partial charge < -0.3 is 10.2 Å². The molecule has 0 saturated carbocycles. The average Bonchev–Trinajstić information content (AvgIpc) is 2.57. The highest BCUT2D eigenvalue weighted by Gasteiger charge is 2.10. The van der Waals surface area contributed by atoms with E-state index in [1.807, 2.05) is 0 Å². The minimum absolute atomic E-state index is 0.356. The number of hydrogen-bond acceptors (Lipinski definition) is 3. The number of halogens is 1. The van der Waals surface area contributed by atoms with Crippen molar-refractivity contribution in [2.75, 3.05) is 5.73 Å². The van der Waals surface area contributed by atoms with Gasteiger partial charge in [-0.05, 0) is 18.2 Å². The van der Waals surface area contributed by atoms with Crippen molar-refractivity contribution < 1.29 is 4.42 Å². The first-order chi connectivity index (χ1) is 6.29. The van der Waals surface area contributed by atoms with Crippen LogP contribution in [-0.4, -0.2) is 4.98 Å². The molecule has 3 nitrogen and oxygen atoms in total. The SMILES string of the molecule is Nc1ccnc(Cl)c1-c1ccco1. The molecule has 2 aromatic heterocycles.